The lowest BCUT2D eigenvalue weighted by atomic mass is 10.1. The number of nitrogens with two attached hydrogens (primary N) is 1. The van der Waals surface area contributed by atoms with Crippen LogP contribution in [0.15, 0.2) is 41.1 Å². The van der Waals surface area contributed by atoms with E-state index in [1.807, 2.05) is 6.92 Å². The van der Waals surface area contributed by atoms with Crippen molar-refractivity contribution in [3.63, 3.8) is 0 Å². The number of benzene rings is 1. The molecule has 1 aliphatic rings. The van der Waals surface area contributed by atoms with Crippen molar-refractivity contribution >= 4 is 5.91 Å². The molecule has 9 heteroatoms. The van der Waals surface area contributed by atoms with Crippen LogP contribution in [0.3, 0.4) is 0 Å². The first kappa shape index (κ1) is 19.0. The van der Waals surface area contributed by atoms with Crippen molar-refractivity contribution in [2.75, 3.05) is 13.1 Å². The molecular weight excluding hydrogens is 377 g/mol. The molecule has 29 heavy (non-hydrogen) atoms. The molecular formula is C20H20FN5O3. The maximum Gasteiger partial charge on any atom is 0.251 e. The van der Waals surface area contributed by atoms with E-state index in [2.05, 4.69) is 20.0 Å². The van der Waals surface area contributed by atoms with Gasteiger partial charge in [0.15, 0.2) is 5.82 Å². The zero-order valence-electron chi connectivity index (χ0n) is 15.8. The molecule has 0 aliphatic carbocycles. The van der Waals surface area contributed by atoms with Gasteiger partial charge in [0.1, 0.15) is 17.7 Å². The normalized spacial score (nSPS) is 14.6. The van der Waals surface area contributed by atoms with Gasteiger partial charge in [0.05, 0.1) is 24.0 Å². The summed E-state index contributed by atoms with van der Waals surface area (Å²) in [5, 5.41) is 3.89. The summed E-state index contributed by atoms with van der Waals surface area (Å²) < 4.78 is 25.0. The number of primary amides is 1. The van der Waals surface area contributed by atoms with E-state index < -0.39 is 11.7 Å². The zero-order valence-corrected chi connectivity index (χ0v) is 15.8. The van der Waals surface area contributed by atoms with Crippen LogP contribution in [-0.4, -0.2) is 45.1 Å². The van der Waals surface area contributed by atoms with Gasteiger partial charge in [-0.3, -0.25) is 14.7 Å². The van der Waals surface area contributed by atoms with Crippen LogP contribution in [0.5, 0.6) is 5.75 Å². The molecule has 0 spiro atoms. The molecule has 8 nitrogen and oxygen atoms in total. The van der Waals surface area contributed by atoms with Gasteiger partial charge in [-0.05, 0) is 24.3 Å². The summed E-state index contributed by atoms with van der Waals surface area (Å²) >= 11 is 0. The van der Waals surface area contributed by atoms with Crippen molar-refractivity contribution in [1.82, 2.24) is 20.0 Å². The van der Waals surface area contributed by atoms with E-state index in [9.17, 15) is 9.18 Å². The summed E-state index contributed by atoms with van der Waals surface area (Å²) in [6.07, 6.45) is 2.41. The Morgan fingerprint density at radius 1 is 1.34 bits per heavy atom. The number of likely N-dealkylation sites (tertiary alicyclic amines) is 1. The Morgan fingerprint density at radius 2 is 2.17 bits per heavy atom. The first-order valence-electron chi connectivity index (χ1n) is 9.28. The minimum absolute atomic E-state index is 0.0588. The monoisotopic (exact) mass is 397 g/mol. The minimum Gasteiger partial charge on any atom is -0.486 e. The van der Waals surface area contributed by atoms with Crippen molar-refractivity contribution in [3.8, 4) is 17.0 Å². The SMILES string of the molecule is CCc1noc(CN2CC(Oc3ccc(-c4ccc(C(N)=O)c(F)c4)nc3)C2)n1. The fraction of sp³-hybridized carbons (Fsp3) is 0.300. The zero-order chi connectivity index (χ0) is 20.4. The molecule has 0 unspecified atom stereocenters. The van der Waals surface area contributed by atoms with E-state index in [-0.39, 0.29) is 11.7 Å². The highest BCUT2D eigenvalue weighted by Crippen LogP contribution is 2.24. The summed E-state index contributed by atoms with van der Waals surface area (Å²) in [5.41, 5.74) is 6.11. The Kier molecular flexibility index (Phi) is 5.22. The fourth-order valence-corrected chi connectivity index (χ4v) is 3.10. The van der Waals surface area contributed by atoms with Gasteiger partial charge in [-0.25, -0.2) is 4.39 Å². The number of hydrogen-bond donors (Lipinski definition) is 1. The van der Waals surface area contributed by atoms with Gasteiger partial charge in [0.25, 0.3) is 5.91 Å². The van der Waals surface area contributed by atoms with Crippen LogP contribution in [-0.2, 0) is 13.0 Å². The van der Waals surface area contributed by atoms with E-state index in [1.54, 1.807) is 24.4 Å². The third-order valence-electron chi connectivity index (χ3n) is 4.68. The first-order chi connectivity index (χ1) is 14.0. The molecule has 0 bridgehead atoms. The van der Waals surface area contributed by atoms with E-state index in [4.69, 9.17) is 15.0 Å². The number of aromatic nitrogens is 3. The molecule has 2 aromatic heterocycles. The topological polar surface area (TPSA) is 107 Å². The lowest BCUT2D eigenvalue weighted by molar-refractivity contribution is 0.00844. The fourth-order valence-electron chi connectivity index (χ4n) is 3.10. The van der Waals surface area contributed by atoms with Crippen molar-refractivity contribution in [2.45, 2.75) is 26.0 Å². The van der Waals surface area contributed by atoms with Crippen LogP contribution in [0.25, 0.3) is 11.3 Å². The number of rotatable bonds is 7. The molecule has 1 fully saturated rings. The Hall–Kier alpha value is -3.33. The van der Waals surface area contributed by atoms with E-state index in [0.29, 0.717) is 35.3 Å². The van der Waals surface area contributed by atoms with Gasteiger partial charge >= 0.3 is 0 Å². The average molecular weight is 397 g/mol. The lowest BCUT2D eigenvalue weighted by Gasteiger charge is -2.37. The summed E-state index contributed by atoms with van der Waals surface area (Å²) in [7, 11) is 0. The molecule has 0 atom stereocenters. The summed E-state index contributed by atoms with van der Waals surface area (Å²) in [6, 6.07) is 7.74. The van der Waals surface area contributed by atoms with Crippen molar-refractivity contribution in [3.05, 3.63) is 59.6 Å². The summed E-state index contributed by atoms with van der Waals surface area (Å²) in [4.78, 5) is 21.9. The van der Waals surface area contributed by atoms with Crippen LogP contribution in [0.1, 0.15) is 29.0 Å². The van der Waals surface area contributed by atoms with Crippen LogP contribution < -0.4 is 10.5 Å². The Bertz CT molecular complexity index is 1020. The van der Waals surface area contributed by atoms with Gasteiger partial charge in [0, 0.05) is 25.1 Å². The number of hydrogen-bond acceptors (Lipinski definition) is 7. The number of halogens is 1. The van der Waals surface area contributed by atoms with E-state index in [1.165, 1.54) is 12.1 Å². The van der Waals surface area contributed by atoms with Gasteiger partial charge in [-0.2, -0.15) is 4.98 Å². The number of pyridine rings is 1. The second-order valence-corrected chi connectivity index (χ2v) is 6.83. The average Bonchev–Trinajstić information content (AvgIpc) is 3.14. The summed E-state index contributed by atoms with van der Waals surface area (Å²) in [6.45, 7) is 4.10. The maximum absolute atomic E-state index is 13.9. The number of carbonyl (C=O) groups is 1. The van der Waals surface area contributed by atoms with Crippen LogP contribution in [0.4, 0.5) is 4.39 Å². The van der Waals surface area contributed by atoms with Gasteiger partial charge in [-0.1, -0.05) is 18.1 Å². The molecule has 0 saturated carbocycles. The number of aryl methyl sites for hydroxylation is 1. The number of nitrogens with zero attached hydrogens (tertiary/aromatic N) is 4. The van der Waals surface area contributed by atoms with Gasteiger partial charge in [0.2, 0.25) is 5.89 Å². The molecule has 1 amide bonds. The van der Waals surface area contributed by atoms with Crippen molar-refractivity contribution in [1.29, 1.82) is 0 Å². The highest BCUT2D eigenvalue weighted by Gasteiger charge is 2.29. The predicted octanol–water partition coefficient (Wildman–Crippen LogP) is 2.20. The third-order valence-corrected chi connectivity index (χ3v) is 4.68. The third kappa shape index (κ3) is 4.24. The van der Waals surface area contributed by atoms with Gasteiger partial charge < -0.3 is 15.0 Å². The summed E-state index contributed by atoms with van der Waals surface area (Å²) in [5.74, 6) is 0.493. The van der Waals surface area contributed by atoms with E-state index in [0.717, 1.165) is 19.5 Å². The maximum atomic E-state index is 13.9. The van der Waals surface area contributed by atoms with Crippen molar-refractivity contribution in [2.24, 2.45) is 5.73 Å². The number of ether oxygens (including phenoxy) is 1. The standard InChI is InChI=1S/C20H20FN5O3/c1-2-18-24-19(29-25-18)11-26-9-14(10-26)28-13-4-6-17(23-8-13)12-3-5-15(20(22)27)16(21)7-12/h3-8,14H,2,9-11H2,1H3,(H2,22,27). The second-order valence-electron chi connectivity index (χ2n) is 6.83. The number of amides is 1. The Labute approximate surface area is 166 Å². The molecule has 2 N–H and O–H groups in total. The Balaban J connectivity index is 1.31. The highest BCUT2D eigenvalue weighted by molar-refractivity contribution is 5.93. The predicted molar refractivity (Wildman–Crippen MR) is 102 cm³/mol. The molecule has 3 heterocycles. The highest BCUT2D eigenvalue weighted by atomic mass is 19.1. The molecule has 0 radical (unpaired) electrons. The lowest BCUT2D eigenvalue weighted by Crippen LogP contribution is -2.53. The number of carbonyl (C=O) groups excluding carboxylic acids is 1. The largest absolute Gasteiger partial charge is 0.486 e. The molecule has 150 valence electrons. The molecule has 1 aromatic carbocycles. The Morgan fingerprint density at radius 3 is 2.79 bits per heavy atom. The van der Waals surface area contributed by atoms with Crippen LogP contribution in [0.2, 0.25) is 0 Å². The van der Waals surface area contributed by atoms with Crippen LogP contribution in [0, 0.1) is 5.82 Å². The molecule has 3 aromatic rings. The van der Waals surface area contributed by atoms with Crippen LogP contribution >= 0.6 is 0 Å². The minimum atomic E-state index is -0.801. The molecule has 1 aliphatic heterocycles. The molecule has 4 rings (SSSR count). The second kappa shape index (κ2) is 7.96. The quantitative estimate of drug-likeness (QED) is 0.651. The first-order valence-corrected chi connectivity index (χ1v) is 9.28. The molecule has 1 saturated heterocycles. The smallest absolute Gasteiger partial charge is 0.251 e. The van der Waals surface area contributed by atoms with Crippen molar-refractivity contribution < 1.29 is 18.4 Å². The van der Waals surface area contributed by atoms with Gasteiger partial charge in [-0.15, -0.1) is 0 Å². The van der Waals surface area contributed by atoms with E-state index >= 15 is 0 Å².